The van der Waals surface area contributed by atoms with Crippen molar-refractivity contribution < 1.29 is 8.42 Å². The molecule has 0 fully saturated rings. The first-order valence-electron chi connectivity index (χ1n) is 6.81. The van der Waals surface area contributed by atoms with Gasteiger partial charge >= 0.3 is 0 Å². The normalized spacial score (nSPS) is 13.0. The van der Waals surface area contributed by atoms with Crippen molar-refractivity contribution in [2.24, 2.45) is 11.4 Å². The summed E-state index contributed by atoms with van der Waals surface area (Å²) in [7, 11) is -1.85. The molecule has 0 saturated carbocycles. The van der Waals surface area contributed by atoms with Gasteiger partial charge in [0.15, 0.2) is 0 Å². The van der Waals surface area contributed by atoms with Gasteiger partial charge in [0.25, 0.3) is 10.0 Å². The minimum absolute atomic E-state index is 0.209. The van der Waals surface area contributed by atoms with Crippen LogP contribution in [0.3, 0.4) is 0 Å². The molecular formula is C16H16N2O2S2. The van der Waals surface area contributed by atoms with Gasteiger partial charge in [-0.25, -0.2) is 0 Å². The molecule has 0 atom stereocenters. The van der Waals surface area contributed by atoms with E-state index in [-0.39, 0.29) is 4.90 Å². The molecule has 3 aromatic rings. The predicted octanol–water partition coefficient (Wildman–Crippen LogP) is 3.15. The maximum Gasteiger partial charge on any atom is 0.285 e. The zero-order chi connectivity index (χ0) is 15.9. The number of sulfonamides is 1. The van der Waals surface area contributed by atoms with Crippen LogP contribution < -0.4 is 4.80 Å². The number of nitrogens with zero attached hydrogens (tertiary/aromatic N) is 2. The average Bonchev–Trinajstić information content (AvgIpc) is 2.77. The van der Waals surface area contributed by atoms with Crippen LogP contribution in [-0.2, 0) is 17.1 Å². The fourth-order valence-electron chi connectivity index (χ4n) is 2.40. The standard InChI is InChI=1S/C16H16N2O2S2/c1-11-9-12(2)15-14(10-11)18(3)16(21-15)17-22(19,20)13-7-5-4-6-8-13/h4-10H,1-3H3. The summed E-state index contributed by atoms with van der Waals surface area (Å²) in [6.07, 6.45) is 0. The van der Waals surface area contributed by atoms with Gasteiger partial charge in [0, 0.05) is 7.05 Å². The predicted molar refractivity (Wildman–Crippen MR) is 89.5 cm³/mol. The van der Waals surface area contributed by atoms with E-state index < -0.39 is 10.0 Å². The van der Waals surface area contributed by atoms with Crippen LogP contribution >= 0.6 is 11.3 Å². The molecule has 0 amide bonds. The first-order valence-corrected chi connectivity index (χ1v) is 9.07. The molecule has 1 aromatic heterocycles. The molecule has 0 aliphatic heterocycles. The third-order valence-electron chi connectivity index (χ3n) is 3.48. The first-order chi connectivity index (χ1) is 10.4. The van der Waals surface area contributed by atoms with Gasteiger partial charge < -0.3 is 4.57 Å². The number of rotatable bonds is 2. The lowest BCUT2D eigenvalue weighted by Gasteiger charge is -2.00. The zero-order valence-electron chi connectivity index (χ0n) is 12.6. The Labute approximate surface area is 133 Å². The zero-order valence-corrected chi connectivity index (χ0v) is 14.2. The van der Waals surface area contributed by atoms with E-state index in [0.29, 0.717) is 4.80 Å². The molecule has 0 saturated heterocycles. The van der Waals surface area contributed by atoms with Crippen molar-refractivity contribution in [2.75, 3.05) is 0 Å². The molecule has 114 valence electrons. The molecule has 0 unspecified atom stereocenters. The number of fused-ring (bicyclic) bond motifs is 1. The number of aromatic nitrogens is 1. The summed E-state index contributed by atoms with van der Waals surface area (Å²) in [5.74, 6) is 0. The van der Waals surface area contributed by atoms with Gasteiger partial charge in [0.1, 0.15) is 0 Å². The third kappa shape index (κ3) is 2.60. The van der Waals surface area contributed by atoms with E-state index in [9.17, 15) is 8.42 Å². The Balaban J connectivity index is 2.27. The maximum absolute atomic E-state index is 12.4. The fraction of sp³-hybridized carbons (Fsp3) is 0.188. The van der Waals surface area contributed by atoms with E-state index in [1.54, 1.807) is 30.3 Å². The van der Waals surface area contributed by atoms with E-state index >= 15 is 0 Å². The highest BCUT2D eigenvalue weighted by Gasteiger charge is 2.14. The Morgan fingerprint density at radius 3 is 2.45 bits per heavy atom. The summed E-state index contributed by atoms with van der Waals surface area (Å²) in [4.78, 5) is 0.688. The van der Waals surface area contributed by atoms with Crippen LogP contribution in [0.25, 0.3) is 10.2 Å². The number of hydrogen-bond acceptors (Lipinski definition) is 3. The van der Waals surface area contributed by atoms with Crippen LogP contribution in [0.2, 0.25) is 0 Å². The van der Waals surface area contributed by atoms with Crippen LogP contribution in [0.5, 0.6) is 0 Å². The molecule has 4 nitrogen and oxygen atoms in total. The molecule has 0 radical (unpaired) electrons. The van der Waals surface area contributed by atoms with Crippen molar-refractivity contribution in [3.8, 4) is 0 Å². The van der Waals surface area contributed by atoms with E-state index in [2.05, 4.69) is 10.5 Å². The monoisotopic (exact) mass is 332 g/mol. The molecule has 0 spiro atoms. The van der Waals surface area contributed by atoms with Gasteiger partial charge in [-0.3, -0.25) is 0 Å². The topological polar surface area (TPSA) is 51.4 Å². The maximum atomic E-state index is 12.4. The van der Waals surface area contributed by atoms with Crippen LogP contribution in [0, 0.1) is 13.8 Å². The molecule has 1 heterocycles. The Hall–Kier alpha value is -1.92. The van der Waals surface area contributed by atoms with Crippen molar-refractivity contribution in [1.29, 1.82) is 0 Å². The van der Waals surface area contributed by atoms with Crippen LogP contribution in [0.15, 0.2) is 51.8 Å². The van der Waals surface area contributed by atoms with Crippen molar-refractivity contribution in [2.45, 2.75) is 18.7 Å². The molecule has 2 aromatic carbocycles. The van der Waals surface area contributed by atoms with Crippen LogP contribution in [-0.4, -0.2) is 13.0 Å². The van der Waals surface area contributed by atoms with Gasteiger partial charge in [-0.2, -0.15) is 8.42 Å². The average molecular weight is 332 g/mol. The lowest BCUT2D eigenvalue weighted by atomic mass is 10.1. The van der Waals surface area contributed by atoms with Crippen molar-refractivity contribution in [1.82, 2.24) is 4.57 Å². The largest absolute Gasteiger partial charge is 0.319 e. The number of hydrogen-bond donors (Lipinski definition) is 0. The second-order valence-corrected chi connectivity index (χ2v) is 7.83. The molecule has 6 heteroatoms. The summed E-state index contributed by atoms with van der Waals surface area (Å²) in [5, 5.41) is 0. The lowest BCUT2D eigenvalue weighted by molar-refractivity contribution is 0.596. The smallest absolute Gasteiger partial charge is 0.285 e. The van der Waals surface area contributed by atoms with Crippen molar-refractivity contribution >= 4 is 31.6 Å². The second kappa shape index (κ2) is 5.37. The highest BCUT2D eigenvalue weighted by molar-refractivity contribution is 7.90. The Morgan fingerprint density at radius 1 is 1.09 bits per heavy atom. The quantitative estimate of drug-likeness (QED) is 0.724. The van der Waals surface area contributed by atoms with Crippen molar-refractivity contribution in [3.05, 3.63) is 58.4 Å². The summed E-state index contributed by atoms with van der Waals surface area (Å²) < 4.78 is 31.7. The van der Waals surface area contributed by atoms with E-state index in [4.69, 9.17) is 0 Å². The van der Waals surface area contributed by atoms with Gasteiger partial charge in [-0.05, 0) is 43.2 Å². The fourth-order valence-corrected chi connectivity index (χ4v) is 4.72. The molecule has 22 heavy (non-hydrogen) atoms. The number of thiazole rings is 1. The summed E-state index contributed by atoms with van der Waals surface area (Å²) >= 11 is 1.40. The van der Waals surface area contributed by atoms with Gasteiger partial charge in [0.2, 0.25) is 4.80 Å². The van der Waals surface area contributed by atoms with E-state index in [1.807, 2.05) is 31.5 Å². The van der Waals surface area contributed by atoms with Gasteiger partial charge in [-0.1, -0.05) is 35.6 Å². The minimum Gasteiger partial charge on any atom is -0.319 e. The second-order valence-electron chi connectivity index (χ2n) is 5.25. The molecule has 0 bridgehead atoms. The molecular weight excluding hydrogens is 316 g/mol. The third-order valence-corrected chi connectivity index (χ3v) is 6.16. The first kappa shape index (κ1) is 15.0. The van der Waals surface area contributed by atoms with Gasteiger partial charge in [-0.15, -0.1) is 4.40 Å². The number of aryl methyl sites for hydroxylation is 3. The van der Waals surface area contributed by atoms with E-state index in [1.165, 1.54) is 11.3 Å². The molecule has 0 aliphatic rings. The highest BCUT2D eigenvalue weighted by atomic mass is 32.2. The molecule has 3 rings (SSSR count). The van der Waals surface area contributed by atoms with E-state index in [0.717, 1.165) is 21.3 Å². The summed E-state index contributed by atoms with van der Waals surface area (Å²) in [6, 6.07) is 12.4. The lowest BCUT2D eigenvalue weighted by Crippen LogP contribution is -2.13. The Kier molecular flexibility index (Phi) is 3.66. The summed E-state index contributed by atoms with van der Waals surface area (Å²) in [5.41, 5.74) is 3.29. The Bertz CT molecular complexity index is 1010. The molecule has 0 aliphatic carbocycles. The van der Waals surface area contributed by atoms with Crippen molar-refractivity contribution in [3.63, 3.8) is 0 Å². The molecule has 0 N–H and O–H groups in total. The Morgan fingerprint density at radius 2 is 1.77 bits per heavy atom. The summed E-state index contributed by atoms with van der Waals surface area (Å²) in [6.45, 7) is 4.06. The highest BCUT2D eigenvalue weighted by Crippen LogP contribution is 2.23. The van der Waals surface area contributed by atoms with Crippen LogP contribution in [0.1, 0.15) is 11.1 Å². The number of benzene rings is 2. The minimum atomic E-state index is -3.69. The SMILES string of the molecule is Cc1cc(C)c2sc(=NS(=O)(=O)c3ccccc3)n(C)c2c1. The van der Waals surface area contributed by atoms with Crippen LogP contribution in [0.4, 0.5) is 0 Å². The van der Waals surface area contributed by atoms with Gasteiger partial charge in [0.05, 0.1) is 15.1 Å².